The van der Waals surface area contributed by atoms with Crippen molar-refractivity contribution in [1.29, 1.82) is 0 Å². The summed E-state index contributed by atoms with van der Waals surface area (Å²) in [4.78, 5) is 37.7. The molecule has 4 N–H and O–H groups in total. The largest absolute Gasteiger partial charge is 0.465 e. The van der Waals surface area contributed by atoms with E-state index in [0.29, 0.717) is 0 Å². The van der Waals surface area contributed by atoms with Gasteiger partial charge in [0.2, 0.25) is 0 Å². The number of benzene rings is 1. The van der Waals surface area contributed by atoms with Crippen molar-refractivity contribution in [3.05, 3.63) is 63.4 Å². The summed E-state index contributed by atoms with van der Waals surface area (Å²) in [5, 5.41) is 24.1. The van der Waals surface area contributed by atoms with Crippen LogP contribution in [-0.4, -0.2) is 62.8 Å². The molecule has 0 radical (unpaired) electrons. The Kier molecular flexibility index (Phi) is 8.52. The number of ether oxygens (including phenoxy) is 2. The first-order chi connectivity index (χ1) is 17.0. The number of H-pyrrole nitrogens is 1. The van der Waals surface area contributed by atoms with Gasteiger partial charge in [-0.2, -0.15) is 5.09 Å². The average Bonchev–Trinajstić information content (AvgIpc) is 3.09. The number of carbonyl (C=O) groups excluding carboxylic acids is 1. The quantitative estimate of drug-likeness (QED) is 0.186. The van der Waals surface area contributed by atoms with E-state index >= 15 is 0 Å². The third-order valence-corrected chi connectivity index (χ3v) is 6.83. The highest BCUT2D eigenvalue weighted by atomic mass is 31.2. The summed E-state index contributed by atoms with van der Waals surface area (Å²) in [6, 6.07) is 7.85. The number of hydrogen-bond donors (Lipinski definition) is 4. The van der Waals surface area contributed by atoms with Gasteiger partial charge in [0.05, 0.1) is 13.2 Å². The van der Waals surface area contributed by atoms with Crippen LogP contribution in [-0.2, 0) is 23.4 Å². The second kappa shape index (κ2) is 11.2. The Morgan fingerprint density at radius 2 is 2.06 bits per heavy atom. The van der Waals surface area contributed by atoms with Crippen molar-refractivity contribution < 1.29 is 38.1 Å². The summed E-state index contributed by atoms with van der Waals surface area (Å²) < 4.78 is 35.8. The zero-order valence-corrected chi connectivity index (χ0v) is 20.3. The molecule has 36 heavy (non-hydrogen) atoms. The molecule has 2 heterocycles. The van der Waals surface area contributed by atoms with E-state index in [4.69, 9.17) is 24.9 Å². The van der Waals surface area contributed by atoms with Crippen molar-refractivity contribution in [2.24, 2.45) is 0 Å². The number of nitrogens with zero attached hydrogens (tertiary/aromatic N) is 1. The van der Waals surface area contributed by atoms with E-state index in [0.717, 1.165) is 16.8 Å². The molecule has 2 aromatic rings. The number of carbonyl (C=O) groups is 1. The van der Waals surface area contributed by atoms with Crippen LogP contribution < -0.4 is 20.9 Å². The lowest BCUT2D eigenvalue weighted by Crippen LogP contribution is -2.48. The summed E-state index contributed by atoms with van der Waals surface area (Å²) in [5.41, 5.74) is -4.05. The van der Waals surface area contributed by atoms with Gasteiger partial charge in [-0.3, -0.25) is 23.7 Å². The normalized spacial score (nSPS) is 25.9. The Bertz CT molecular complexity index is 1270. The van der Waals surface area contributed by atoms with E-state index in [1.165, 1.54) is 19.1 Å². The number of aromatic nitrogens is 2. The minimum atomic E-state index is -4.30. The number of hydrogen-bond acceptors (Lipinski definition) is 10. The fraction of sp³-hybridized carbons (Fsp3) is 0.409. The standard InChI is InChI=1S/C22H26N3O10P/c1-4-22(30)18(27)16(34-20(22)25-12-11-17(26)23-21(25)29)13-33-36(31,24-14(3)19(28)32-5-2)35-15-9-7-6-8-10-15/h1,6-12,14,16,18,20,27,30H,5,13H2,2-3H3,(H,24,31)(H,23,26,29)/t14-,16+,18+,20?,22+,36?/m0/s1. The van der Waals surface area contributed by atoms with Crippen molar-refractivity contribution in [3.63, 3.8) is 0 Å². The van der Waals surface area contributed by atoms with Gasteiger partial charge in [-0.15, -0.1) is 6.42 Å². The number of aliphatic hydroxyl groups excluding tert-OH is 1. The molecule has 0 amide bonds. The van der Waals surface area contributed by atoms with E-state index < -0.39 is 61.7 Å². The lowest BCUT2D eigenvalue weighted by atomic mass is 9.95. The van der Waals surface area contributed by atoms with Gasteiger partial charge >= 0.3 is 19.4 Å². The highest BCUT2D eigenvalue weighted by molar-refractivity contribution is 7.52. The van der Waals surface area contributed by atoms with Gasteiger partial charge in [0.15, 0.2) is 11.8 Å². The van der Waals surface area contributed by atoms with Gasteiger partial charge in [0.1, 0.15) is 24.0 Å². The Labute approximate surface area is 205 Å². The minimum Gasteiger partial charge on any atom is -0.465 e. The third-order valence-electron chi connectivity index (χ3n) is 5.19. The number of terminal acetylenes is 1. The molecule has 0 aliphatic carbocycles. The first-order valence-corrected chi connectivity index (χ1v) is 12.4. The topological polar surface area (TPSA) is 178 Å². The highest BCUT2D eigenvalue weighted by Gasteiger charge is 2.56. The van der Waals surface area contributed by atoms with Crippen LogP contribution in [0.5, 0.6) is 5.75 Å². The number of aromatic amines is 1. The molecule has 0 bridgehead atoms. The Morgan fingerprint density at radius 1 is 1.36 bits per heavy atom. The zero-order valence-electron chi connectivity index (χ0n) is 19.4. The van der Waals surface area contributed by atoms with Crippen LogP contribution in [0.4, 0.5) is 0 Å². The second-order valence-electron chi connectivity index (χ2n) is 7.76. The molecule has 1 aromatic heterocycles. The average molecular weight is 523 g/mol. The molecule has 2 unspecified atom stereocenters. The molecule has 13 nitrogen and oxygen atoms in total. The molecule has 0 spiro atoms. The van der Waals surface area contributed by atoms with Crippen LogP contribution in [0.1, 0.15) is 20.1 Å². The number of rotatable bonds is 10. The molecule has 14 heteroatoms. The number of esters is 1. The molecular weight excluding hydrogens is 497 g/mol. The van der Waals surface area contributed by atoms with Crippen LogP contribution in [0.25, 0.3) is 0 Å². The molecule has 1 aromatic carbocycles. The lowest BCUT2D eigenvalue weighted by Gasteiger charge is -2.26. The van der Waals surface area contributed by atoms with Crippen molar-refractivity contribution in [1.82, 2.24) is 14.6 Å². The number of nitrogens with one attached hydrogen (secondary N) is 2. The first-order valence-electron chi connectivity index (χ1n) is 10.8. The van der Waals surface area contributed by atoms with Gasteiger partial charge in [-0.25, -0.2) is 9.36 Å². The molecule has 194 valence electrons. The number of para-hydroxylation sites is 1. The van der Waals surface area contributed by atoms with Crippen molar-refractivity contribution >= 4 is 13.7 Å². The molecule has 6 atom stereocenters. The minimum absolute atomic E-state index is 0.0911. The smallest absolute Gasteiger partial charge is 0.459 e. The van der Waals surface area contributed by atoms with Crippen molar-refractivity contribution in [2.45, 2.75) is 43.9 Å². The maximum absolute atomic E-state index is 13.5. The maximum atomic E-state index is 13.5. The van der Waals surface area contributed by atoms with E-state index in [9.17, 15) is 29.2 Å². The molecule has 1 aliphatic rings. The van der Waals surface area contributed by atoms with Gasteiger partial charge in [-0.05, 0) is 26.0 Å². The molecule has 1 fully saturated rings. The molecule has 3 rings (SSSR count). The van der Waals surface area contributed by atoms with Gasteiger partial charge in [0.25, 0.3) is 5.56 Å². The monoisotopic (exact) mass is 523 g/mol. The Hall–Kier alpha value is -3.24. The maximum Gasteiger partial charge on any atom is 0.459 e. The van der Waals surface area contributed by atoms with E-state index in [1.807, 2.05) is 10.9 Å². The summed E-state index contributed by atoms with van der Waals surface area (Å²) in [7, 11) is -4.30. The predicted octanol–water partition coefficient (Wildman–Crippen LogP) is -0.0959. The highest BCUT2D eigenvalue weighted by Crippen LogP contribution is 2.46. The van der Waals surface area contributed by atoms with Crippen LogP contribution in [0.15, 0.2) is 52.2 Å². The van der Waals surface area contributed by atoms with Crippen LogP contribution >= 0.6 is 7.75 Å². The second-order valence-corrected chi connectivity index (χ2v) is 9.45. The predicted molar refractivity (Wildman–Crippen MR) is 125 cm³/mol. The van der Waals surface area contributed by atoms with Crippen LogP contribution in [0.3, 0.4) is 0 Å². The van der Waals surface area contributed by atoms with Crippen molar-refractivity contribution in [2.75, 3.05) is 13.2 Å². The fourth-order valence-electron chi connectivity index (χ4n) is 3.39. The molecular formula is C22H26N3O10P. The van der Waals surface area contributed by atoms with Crippen LogP contribution in [0.2, 0.25) is 0 Å². The lowest BCUT2D eigenvalue weighted by molar-refractivity contribution is -0.144. The Balaban J connectivity index is 1.84. The summed E-state index contributed by atoms with van der Waals surface area (Å²) in [6.45, 7) is 2.44. The van der Waals surface area contributed by atoms with Crippen molar-refractivity contribution in [3.8, 4) is 18.1 Å². The van der Waals surface area contributed by atoms with Gasteiger partial charge in [0, 0.05) is 12.3 Å². The third kappa shape index (κ3) is 5.93. The van der Waals surface area contributed by atoms with Gasteiger partial charge < -0.3 is 24.2 Å². The summed E-state index contributed by atoms with van der Waals surface area (Å²) in [5.74, 6) is 1.44. The van der Waals surface area contributed by atoms with Gasteiger partial charge in [-0.1, -0.05) is 24.1 Å². The SMILES string of the molecule is C#C[C@]1(O)C(n2ccc(=O)[nH]c2=O)O[C@H](COP(=O)(N[C@@H](C)C(=O)OCC)Oc2ccccc2)[C@H]1O. The first kappa shape index (κ1) is 27.3. The van der Waals surface area contributed by atoms with E-state index in [1.54, 1.807) is 25.1 Å². The number of aliphatic hydroxyl groups is 2. The molecule has 1 aliphatic heterocycles. The summed E-state index contributed by atoms with van der Waals surface area (Å²) >= 11 is 0. The summed E-state index contributed by atoms with van der Waals surface area (Å²) in [6.07, 6.45) is 1.64. The molecule has 1 saturated heterocycles. The fourth-order valence-corrected chi connectivity index (χ4v) is 4.89. The zero-order chi connectivity index (χ0) is 26.5. The van der Waals surface area contributed by atoms with Crippen LogP contribution in [0, 0.1) is 12.3 Å². The Morgan fingerprint density at radius 3 is 2.67 bits per heavy atom. The van der Waals surface area contributed by atoms with E-state index in [-0.39, 0.29) is 12.4 Å². The van der Waals surface area contributed by atoms with E-state index in [2.05, 4.69) is 5.09 Å². The molecule has 0 saturated carbocycles.